The van der Waals surface area contributed by atoms with Crippen LogP contribution >= 0.6 is 0 Å². The monoisotopic (exact) mass is 382 g/mol. The zero-order chi connectivity index (χ0) is 20.4. The van der Waals surface area contributed by atoms with Gasteiger partial charge >= 0.3 is 5.97 Å². The van der Waals surface area contributed by atoms with E-state index >= 15 is 0 Å². The highest BCUT2D eigenvalue weighted by atomic mass is 16.6. The van der Waals surface area contributed by atoms with Gasteiger partial charge in [0.2, 0.25) is 5.76 Å². The second-order valence-electron chi connectivity index (χ2n) is 7.00. The van der Waals surface area contributed by atoms with Gasteiger partial charge in [0.05, 0.1) is 6.10 Å². The van der Waals surface area contributed by atoms with Crippen LogP contribution in [0.25, 0.3) is 6.08 Å². The molecular weight excluding hydrogens is 352 g/mol. The molecule has 150 valence electrons. The third kappa shape index (κ3) is 6.86. The van der Waals surface area contributed by atoms with Crippen LogP contribution in [0.15, 0.2) is 66.4 Å². The normalized spacial score (nSPS) is 14.8. The molecule has 0 radical (unpaired) electrons. The Kier molecular flexibility index (Phi) is 8.76. The molecule has 0 aliphatic heterocycles. The minimum atomic E-state index is -0.547. The van der Waals surface area contributed by atoms with Gasteiger partial charge in [0.25, 0.3) is 0 Å². The molecule has 0 aromatic heterocycles. The second kappa shape index (κ2) is 11.3. The van der Waals surface area contributed by atoms with Crippen molar-refractivity contribution in [2.45, 2.75) is 52.4 Å². The van der Waals surface area contributed by atoms with Crippen LogP contribution in [0.3, 0.4) is 0 Å². The first-order valence-electron chi connectivity index (χ1n) is 9.83. The molecule has 1 N–H and O–H groups in total. The van der Waals surface area contributed by atoms with Crippen LogP contribution in [0.1, 0.15) is 44.7 Å². The van der Waals surface area contributed by atoms with Crippen LogP contribution < -0.4 is 0 Å². The molecule has 0 heterocycles. The van der Waals surface area contributed by atoms with Crippen LogP contribution in [0.5, 0.6) is 0 Å². The standard InChI is InChI=1S/C24H30O4/c1-4-11-22(18(2)25)19(3)28-24(26)23(16-20-12-7-5-8-13-20)27-17-21-14-9-6-10-15-21/h5-10,12-16,18-19,22,25H,4,11,17H2,1-3H3/t18-,19+,22?/m0/s1. The number of benzene rings is 2. The Morgan fingerprint density at radius 3 is 2.21 bits per heavy atom. The molecule has 4 heteroatoms. The Labute approximate surface area is 167 Å². The maximum atomic E-state index is 12.8. The average Bonchev–Trinajstić information content (AvgIpc) is 2.70. The summed E-state index contributed by atoms with van der Waals surface area (Å²) in [7, 11) is 0. The van der Waals surface area contributed by atoms with Crippen molar-refractivity contribution in [1.29, 1.82) is 0 Å². The van der Waals surface area contributed by atoms with Gasteiger partial charge < -0.3 is 14.6 Å². The van der Waals surface area contributed by atoms with Crippen molar-refractivity contribution in [2.24, 2.45) is 5.92 Å². The van der Waals surface area contributed by atoms with Gasteiger partial charge in [-0.3, -0.25) is 0 Å². The minimum absolute atomic E-state index is 0.110. The lowest BCUT2D eigenvalue weighted by Crippen LogP contribution is -2.32. The van der Waals surface area contributed by atoms with E-state index < -0.39 is 18.2 Å². The SMILES string of the molecule is CCCC([C@H](C)O)[C@@H](C)OC(=O)C(=Cc1ccccc1)OCc1ccccc1. The maximum Gasteiger partial charge on any atom is 0.373 e. The molecule has 1 unspecified atom stereocenters. The second-order valence-corrected chi connectivity index (χ2v) is 7.00. The molecule has 0 aliphatic rings. The van der Waals surface area contributed by atoms with E-state index in [1.165, 1.54) is 0 Å². The predicted octanol–water partition coefficient (Wildman–Crippen LogP) is 4.97. The summed E-state index contributed by atoms with van der Waals surface area (Å²) in [5.41, 5.74) is 1.82. The van der Waals surface area contributed by atoms with E-state index in [4.69, 9.17) is 9.47 Å². The summed E-state index contributed by atoms with van der Waals surface area (Å²) in [4.78, 5) is 12.8. The Morgan fingerprint density at radius 2 is 1.64 bits per heavy atom. The number of hydrogen-bond acceptors (Lipinski definition) is 4. The predicted molar refractivity (Wildman–Crippen MR) is 111 cm³/mol. The third-order valence-electron chi connectivity index (χ3n) is 4.67. The molecular formula is C24H30O4. The number of esters is 1. The zero-order valence-corrected chi connectivity index (χ0v) is 16.9. The van der Waals surface area contributed by atoms with Crippen molar-refractivity contribution in [1.82, 2.24) is 0 Å². The highest BCUT2D eigenvalue weighted by molar-refractivity contribution is 5.91. The molecule has 0 saturated carbocycles. The lowest BCUT2D eigenvalue weighted by Gasteiger charge is -2.26. The van der Waals surface area contributed by atoms with Gasteiger partial charge in [-0.2, -0.15) is 0 Å². The lowest BCUT2D eigenvalue weighted by molar-refractivity contribution is -0.152. The number of hydrogen-bond donors (Lipinski definition) is 1. The fourth-order valence-electron chi connectivity index (χ4n) is 3.11. The van der Waals surface area contributed by atoms with Crippen LogP contribution in [0.2, 0.25) is 0 Å². The fourth-order valence-corrected chi connectivity index (χ4v) is 3.11. The molecule has 28 heavy (non-hydrogen) atoms. The van der Waals surface area contributed by atoms with Crippen molar-refractivity contribution in [3.8, 4) is 0 Å². The van der Waals surface area contributed by atoms with Crippen LogP contribution in [0.4, 0.5) is 0 Å². The minimum Gasteiger partial charge on any atom is -0.482 e. The number of aliphatic hydroxyl groups is 1. The largest absolute Gasteiger partial charge is 0.482 e. The number of aliphatic hydroxyl groups excluding tert-OH is 1. The fraction of sp³-hybridized carbons (Fsp3) is 0.375. The lowest BCUT2D eigenvalue weighted by atomic mass is 9.93. The van der Waals surface area contributed by atoms with Crippen LogP contribution in [-0.2, 0) is 20.9 Å². The Bertz CT molecular complexity index is 738. The Hall–Kier alpha value is -2.59. The molecule has 2 aromatic carbocycles. The van der Waals surface area contributed by atoms with E-state index in [1.54, 1.807) is 13.0 Å². The summed E-state index contributed by atoms with van der Waals surface area (Å²) in [5, 5.41) is 10.0. The van der Waals surface area contributed by atoms with E-state index in [9.17, 15) is 9.90 Å². The third-order valence-corrected chi connectivity index (χ3v) is 4.67. The average molecular weight is 383 g/mol. The number of ether oxygens (including phenoxy) is 2. The Balaban J connectivity index is 2.15. The molecule has 2 rings (SSSR count). The molecule has 0 bridgehead atoms. The molecule has 3 atom stereocenters. The first-order chi connectivity index (χ1) is 13.5. The summed E-state index contributed by atoms with van der Waals surface area (Å²) in [6.07, 6.45) is 2.43. The van der Waals surface area contributed by atoms with Crippen molar-refractivity contribution < 1.29 is 19.4 Å². The van der Waals surface area contributed by atoms with Gasteiger partial charge in [0, 0.05) is 5.92 Å². The first kappa shape index (κ1) is 21.7. The van der Waals surface area contributed by atoms with Crippen molar-refractivity contribution in [2.75, 3.05) is 0 Å². The van der Waals surface area contributed by atoms with E-state index in [0.717, 1.165) is 24.0 Å². The quantitative estimate of drug-likeness (QED) is 0.358. The first-order valence-corrected chi connectivity index (χ1v) is 9.83. The van der Waals surface area contributed by atoms with Crippen molar-refractivity contribution >= 4 is 12.0 Å². The smallest absolute Gasteiger partial charge is 0.373 e. The van der Waals surface area contributed by atoms with Crippen LogP contribution in [-0.4, -0.2) is 23.3 Å². The number of rotatable bonds is 10. The zero-order valence-electron chi connectivity index (χ0n) is 16.9. The molecule has 2 aromatic rings. The topological polar surface area (TPSA) is 55.8 Å². The molecule has 0 fully saturated rings. The van der Waals surface area contributed by atoms with E-state index in [1.807, 2.05) is 74.5 Å². The van der Waals surface area contributed by atoms with Gasteiger partial charge in [-0.15, -0.1) is 0 Å². The highest BCUT2D eigenvalue weighted by Crippen LogP contribution is 2.21. The van der Waals surface area contributed by atoms with E-state index in [-0.39, 0.29) is 18.3 Å². The summed E-state index contributed by atoms with van der Waals surface area (Å²) in [6, 6.07) is 19.2. The van der Waals surface area contributed by atoms with E-state index in [0.29, 0.717) is 0 Å². The number of carbonyl (C=O) groups excluding carboxylic acids is 1. The molecule has 4 nitrogen and oxygen atoms in total. The van der Waals surface area contributed by atoms with Gasteiger partial charge in [-0.05, 0) is 37.5 Å². The van der Waals surface area contributed by atoms with Gasteiger partial charge in [-0.25, -0.2) is 4.79 Å². The van der Waals surface area contributed by atoms with Crippen molar-refractivity contribution in [3.63, 3.8) is 0 Å². The van der Waals surface area contributed by atoms with E-state index in [2.05, 4.69) is 0 Å². The molecule has 0 spiro atoms. The van der Waals surface area contributed by atoms with Crippen molar-refractivity contribution in [3.05, 3.63) is 77.5 Å². The van der Waals surface area contributed by atoms with Gasteiger partial charge in [-0.1, -0.05) is 74.0 Å². The highest BCUT2D eigenvalue weighted by Gasteiger charge is 2.26. The van der Waals surface area contributed by atoms with Gasteiger partial charge in [0.15, 0.2) is 0 Å². The molecule has 0 aliphatic carbocycles. The number of carbonyl (C=O) groups is 1. The summed E-state index contributed by atoms with van der Waals surface area (Å²) < 4.78 is 11.5. The summed E-state index contributed by atoms with van der Waals surface area (Å²) in [6.45, 7) is 5.88. The molecule has 0 amide bonds. The van der Waals surface area contributed by atoms with Crippen LogP contribution in [0, 0.1) is 5.92 Å². The summed E-state index contributed by atoms with van der Waals surface area (Å²) in [5.74, 6) is -0.474. The van der Waals surface area contributed by atoms with Gasteiger partial charge in [0.1, 0.15) is 12.7 Å². The summed E-state index contributed by atoms with van der Waals surface area (Å²) >= 11 is 0. The Morgan fingerprint density at radius 1 is 1.04 bits per heavy atom. The molecule has 0 saturated heterocycles. The maximum absolute atomic E-state index is 12.8.